The third-order valence-corrected chi connectivity index (χ3v) is 3.81. The molecule has 1 saturated carbocycles. The van der Waals surface area contributed by atoms with Gasteiger partial charge in [-0.25, -0.2) is 0 Å². The van der Waals surface area contributed by atoms with Crippen molar-refractivity contribution in [2.75, 3.05) is 0 Å². The molecule has 3 nitrogen and oxygen atoms in total. The van der Waals surface area contributed by atoms with Gasteiger partial charge in [0, 0.05) is 0 Å². The van der Waals surface area contributed by atoms with Gasteiger partial charge < -0.3 is 10.2 Å². The monoisotopic (exact) mass is 240 g/mol. The van der Waals surface area contributed by atoms with Crippen LogP contribution in [0.2, 0.25) is 5.02 Å². The fourth-order valence-corrected chi connectivity index (χ4v) is 2.33. The summed E-state index contributed by atoms with van der Waals surface area (Å²) in [6.45, 7) is 3.47. The van der Waals surface area contributed by atoms with Crippen molar-refractivity contribution in [3.8, 4) is 5.75 Å². The zero-order chi connectivity index (χ0) is 12.1. The molecule has 0 radical (unpaired) electrons. The number of benzene rings is 1. The lowest BCUT2D eigenvalue weighted by Gasteiger charge is -2.17. The Morgan fingerprint density at radius 3 is 2.44 bits per heavy atom. The van der Waals surface area contributed by atoms with Crippen LogP contribution in [0.3, 0.4) is 0 Å². The number of rotatable bonds is 2. The SMILES string of the molecule is Cc1cc(C2(C(=O)O)CC2)c(C)c(Cl)c1O. The number of halogens is 1. The molecule has 0 saturated heterocycles. The predicted molar refractivity (Wildman–Crippen MR) is 61.1 cm³/mol. The highest BCUT2D eigenvalue weighted by molar-refractivity contribution is 6.33. The van der Waals surface area contributed by atoms with E-state index in [1.165, 1.54) is 0 Å². The average Bonchev–Trinajstić information content (AvgIpc) is 3.01. The highest BCUT2D eigenvalue weighted by atomic mass is 35.5. The average molecular weight is 241 g/mol. The quantitative estimate of drug-likeness (QED) is 0.836. The lowest BCUT2D eigenvalue weighted by Crippen LogP contribution is -2.21. The largest absolute Gasteiger partial charge is 0.506 e. The van der Waals surface area contributed by atoms with E-state index >= 15 is 0 Å². The number of hydrogen-bond donors (Lipinski definition) is 2. The van der Waals surface area contributed by atoms with E-state index in [9.17, 15) is 15.0 Å². The number of phenols is 1. The van der Waals surface area contributed by atoms with Crippen LogP contribution in [0.1, 0.15) is 29.5 Å². The molecule has 0 amide bonds. The molecule has 4 heteroatoms. The lowest BCUT2D eigenvalue weighted by atomic mass is 9.90. The molecule has 2 rings (SSSR count). The molecule has 1 aliphatic rings. The Morgan fingerprint density at radius 1 is 1.44 bits per heavy atom. The summed E-state index contributed by atoms with van der Waals surface area (Å²) in [7, 11) is 0. The Kier molecular flexibility index (Phi) is 2.39. The summed E-state index contributed by atoms with van der Waals surface area (Å²) in [5.74, 6) is -0.763. The molecular weight excluding hydrogens is 228 g/mol. The second-order valence-electron chi connectivity index (χ2n) is 4.42. The Bertz CT molecular complexity index is 476. The number of phenolic OH excluding ortho intramolecular Hbond substituents is 1. The third-order valence-electron chi connectivity index (χ3n) is 3.35. The standard InChI is InChI=1S/C12H13ClO3/c1-6-5-8(7(2)9(13)10(6)14)12(3-4-12)11(15)16/h5,14H,3-4H2,1-2H3,(H,15,16). The van der Waals surface area contributed by atoms with Crippen LogP contribution in [-0.2, 0) is 10.2 Å². The Labute approximate surface area is 98.7 Å². The van der Waals surface area contributed by atoms with Crippen molar-refractivity contribution in [3.63, 3.8) is 0 Å². The minimum Gasteiger partial charge on any atom is -0.506 e. The summed E-state index contributed by atoms with van der Waals surface area (Å²) in [6, 6.07) is 1.73. The minimum absolute atomic E-state index is 0.0455. The number of aliphatic carboxylic acids is 1. The van der Waals surface area contributed by atoms with Crippen molar-refractivity contribution in [2.24, 2.45) is 0 Å². The first kappa shape index (κ1) is 11.3. The molecule has 0 aliphatic heterocycles. The van der Waals surface area contributed by atoms with Crippen LogP contribution in [0.5, 0.6) is 5.75 Å². The molecule has 86 valence electrons. The molecule has 16 heavy (non-hydrogen) atoms. The number of aromatic hydroxyl groups is 1. The van der Waals surface area contributed by atoms with Gasteiger partial charge >= 0.3 is 5.97 Å². The second-order valence-corrected chi connectivity index (χ2v) is 4.79. The van der Waals surface area contributed by atoms with E-state index < -0.39 is 11.4 Å². The Hall–Kier alpha value is -1.22. The van der Waals surface area contributed by atoms with Crippen molar-refractivity contribution in [2.45, 2.75) is 32.1 Å². The van der Waals surface area contributed by atoms with Gasteiger partial charge in [-0.1, -0.05) is 17.7 Å². The maximum atomic E-state index is 11.2. The van der Waals surface area contributed by atoms with Crippen LogP contribution in [0.15, 0.2) is 6.07 Å². The summed E-state index contributed by atoms with van der Waals surface area (Å²) in [5, 5.41) is 19.2. The van der Waals surface area contributed by atoms with Crippen LogP contribution < -0.4 is 0 Å². The number of carboxylic acid groups (broad SMARTS) is 1. The number of carboxylic acids is 1. The van der Waals surface area contributed by atoms with E-state index in [4.69, 9.17) is 11.6 Å². The van der Waals surface area contributed by atoms with Crippen molar-refractivity contribution < 1.29 is 15.0 Å². The van der Waals surface area contributed by atoms with Crippen LogP contribution in [-0.4, -0.2) is 16.2 Å². The maximum Gasteiger partial charge on any atom is 0.314 e. The first-order valence-electron chi connectivity index (χ1n) is 5.12. The van der Waals surface area contributed by atoms with Crippen LogP contribution >= 0.6 is 11.6 Å². The van der Waals surface area contributed by atoms with Gasteiger partial charge in [-0.15, -0.1) is 0 Å². The normalized spacial score (nSPS) is 17.2. The van der Waals surface area contributed by atoms with Gasteiger partial charge in [0.1, 0.15) is 5.75 Å². The summed E-state index contributed by atoms with van der Waals surface area (Å²) in [6.07, 6.45) is 1.29. The van der Waals surface area contributed by atoms with Gasteiger partial charge in [-0.2, -0.15) is 0 Å². The zero-order valence-electron chi connectivity index (χ0n) is 9.17. The van der Waals surface area contributed by atoms with Crippen molar-refractivity contribution in [3.05, 3.63) is 27.8 Å². The van der Waals surface area contributed by atoms with Gasteiger partial charge in [0.2, 0.25) is 0 Å². The number of carbonyl (C=O) groups is 1. The molecule has 0 spiro atoms. The Balaban J connectivity index is 2.63. The molecule has 0 aromatic heterocycles. The molecular formula is C12H13ClO3. The van der Waals surface area contributed by atoms with Crippen molar-refractivity contribution >= 4 is 17.6 Å². The number of hydrogen-bond acceptors (Lipinski definition) is 2. The van der Waals surface area contributed by atoms with E-state index in [1.54, 1.807) is 19.9 Å². The molecule has 0 bridgehead atoms. The van der Waals surface area contributed by atoms with Crippen LogP contribution in [0.25, 0.3) is 0 Å². The van der Waals surface area contributed by atoms with E-state index in [-0.39, 0.29) is 10.8 Å². The molecule has 0 heterocycles. The molecule has 0 unspecified atom stereocenters. The molecule has 0 atom stereocenters. The maximum absolute atomic E-state index is 11.2. The fraction of sp³-hybridized carbons (Fsp3) is 0.417. The summed E-state index contributed by atoms with van der Waals surface area (Å²) >= 11 is 5.98. The first-order valence-corrected chi connectivity index (χ1v) is 5.50. The summed E-state index contributed by atoms with van der Waals surface area (Å²) in [5.41, 5.74) is 1.26. The highest BCUT2D eigenvalue weighted by Crippen LogP contribution is 2.51. The van der Waals surface area contributed by atoms with Gasteiger partial charge in [-0.3, -0.25) is 4.79 Å². The molecule has 1 fully saturated rings. The fourth-order valence-electron chi connectivity index (χ4n) is 2.08. The van der Waals surface area contributed by atoms with Crippen LogP contribution in [0.4, 0.5) is 0 Å². The molecule has 1 aliphatic carbocycles. The highest BCUT2D eigenvalue weighted by Gasteiger charge is 2.52. The van der Waals surface area contributed by atoms with E-state index in [0.717, 1.165) is 5.56 Å². The molecule has 1 aromatic rings. The lowest BCUT2D eigenvalue weighted by molar-refractivity contribution is -0.140. The van der Waals surface area contributed by atoms with Crippen molar-refractivity contribution in [1.29, 1.82) is 0 Å². The topological polar surface area (TPSA) is 57.5 Å². The van der Waals surface area contributed by atoms with Gasteiger partial charge in [-0.05, 0) is 43.4 Å². The van der Waals surface area contributed by atoms with E-state index in [0.29, 0.717) is 24.0 Å². The smallest absolute Gasteiger partial charge is 0.314 e. The first-order chi connectivity index (χ1) is 7.40. The number of aryl methyl sites for hydroxylation is 1. The predicted octanol–water partition coefficient (Wildman–Crippen LogP) is 2.78. The van der Waals surface area contributed by atoms with Gasteiger partial charge in [0.15, 0.2) is 0 Å². The second kappa shape index (κ2) is 3.39. The Morgan fingerprint density at radius 2 is 2.00 bits per heavy atom. The van der Waals surface area contributed by atoms with Crippen molar-refractivity contribution in [1.82, 2.24) is 0 Å². The van der Waals surface area contributed by atoms with Crippen LogP contribution in [0, 0.1) is 13.8 Å². The third kappa shape index (κ3) is 1.39. The van der Waals surface area contributed by atoms with Gasteiger partial charge in [0.25, 0.3) is 0 Å². The van der Waals surface area contributed by atoms with E-state index in [2.05, 4.69) is 0 Å². The summed E-state index contributed by atoms with van der Waals surface area (Å²) < 4.78 is 0. The van der Waals surface area contributed by atoms with E-state index in [1.807, 2.05) is 0 Å². The minimum atomic E-state index is -0.809. The zero-order valence-corrected chi connectivity index (χ0v) is 9.93. The summed E-state index contributed by atoms with van der Waals surface area (Å²) in [4.78, 5) is 11.2. The molecule has 1 aromatic carbocycles. The molecule has 2 N–H and O–H groups in total. The van der Waals surface area contributed by atoms with Gasteiger partial charge in [0.05, 0.1) is 10.4 Å².